The number of aliphatic hydroxyl groups excluding tert-OH is 2. The first-order valence-electron chi connectivity index (χ1n) is 5.67. The van der Waals surface area contributed by atoms with Crippen LogP contribution in [0.5, 0.6) is 0 Å². The molecule has 2 rings (SSSR count). The van der Waals surface area contributed by atoms with Crippen molar-refractivity contribution in [1.29, 1.82) is 0 Å². The van der Waals surface area contributed by atoms with Gasteiger partial charge < -0.3 is 19.7 Å². The van der Waals surface area contributed by atoms with Crippen LogP contribution in [-0.2, 0) is 7.05 Å². The predicted molar refractivity (Wildman–Crippen MR) is 69.3 cm³/mol. The van der Waals surface area contributed by atoms with Crippen LogP contribution in [-0.4, -0.2) is 41.1 Å². The number of hydrogen-bond acceptors (Lipinski definition) is 3. The highest BCUT2D eigenvalue weighted by atomic mass is 16.3. The molecule has 0 spiro atoms. The summed E-state index contributed by atoms with van der Waals surface area (Å²) in [4.78, 5) is 1.96. The molecule has 0 saturated carbocycles. The Balaban J connectivity index is 2.35. The maximum atomic E-state index is 9.47. The molecule has 92 valence electrons. The number of aryl methyl sites for hydroxylation is 1. The van der Waals surface area contributed by atoms with Crippen molar-refractivity contribution in [3.63, 3.8) is 0 Å². The van der Waals surface area contributed by atoms with Crippen LogP contribution in [0.25, 0.3) is 10.9 Å². The van der Waals surface area contributed by atoms with Crippen LogP contribution >= 0.6 is 0 Å². The number of benzene rings is 1. The van der Waals surface area contributed by atoms with Gasteiger partial charge >= 0.3 is 0 Å². The largest absolute Gasteiger partial charge is 0.394 e. The highest BCUT2D eigenvalue weighted by molar-refractivity contribution is 5.93. The molecule has 1 aromatic heterocycles. The van der Waals surface area contributed by atoms with E-state index >= 15 is 0 Å². The van der Waals surface area contributed by atoms with E-state index in [1.807, 2.05) is 37.3 Å². The first-order valence-corrected chi connectivity index (χ1v) is 5.67. The molecule has 0 aliphatic heterocycles. The van der Waals surface area contributed by atoms with Crippen molar-refractivity contribution in [3.05, 3.63) is 30.5 Å². The van der Waals surface area contributed by atoms with E-state index in [-0.39, 0.29) is 6.61 Å². The van der Waals surface area contributed by atoms with E-state index in [2.05, 4.69) is 16.7 Å². The molecule has 2 N–H and O–H groups in total. The highest BCUT2D eigenvalue weighted by Crippen LogP contribution is 2.27. The number of anilines is 1. The number of fused-ring (bicyclic) bond motifs is 1. The van der Waals surface area contributed by atoms with E-state index in [0.717, 1.165) is 16.6 Å². The molecule has 4 nitrogen and oxygen atoms in total. The Morgan fingerprint density at radius 1 is 1.35 bits per heavy atom. The molecule has 1 aromatic carbocycles. The molecule has 1 atom stereocenters. The second kappa shape index (κ2) is 4.77. The quantitative estimate of drug-likeness (QED) is 0.828. The lowest BCUT2D eigenvalue weighted by Crippen LogP contribution is -2.31. The third kappa shape index (κ3) is 2.28. The average Bonchev–Trinajstić information content (AvgIpc) is 2.67. The molecule has 0 fully saturated rings. The Morgan fingerprint density at radius 2 is 2.06 bits per heavy atom. The van der Waals surface area contributed by atoms with E-state index < -0.39 is 6.10 Å². The third-order valence-electron chi connectivity index (χ3n) is 2.98. The first-order chi connectivity index (χ1) is 8.13. The summed E-state index contributed by atoms with van der Waals surface area (Å²) in [7, 11) is 3.92. The molecule has 0 radical (unpaired) electrons. The average molecular weight is 234 g/mol. The Hall–Kier alpha value is -1.52. The van der Waals surface area contributed by atoms with Crippen LogP contribution in [0.3, 0.4) is 0 Å². The van der Waals surface area contributed by atoms with Gasteiger partial charge in [-0.3, -0.25) is 0 Å². The molecule has 0 aliphatic carbocycles. The zero-order valence-corrected chi connectivity index (χ0v) is 10.2. The van der Waals surface area contributed by atoms with Crippen molar-refractivity contribution in [3.8, 4) is 0 Å². The maximum absolute atomic E-state index is 9.47. The standard InChI is InChI=1S/C13H18N2O2/c1-14(7-10(17)9-16)13-8-15(2)12-6-4-3-5-11(12)13/h3-6,8,10,16-17H,7,9H2,1-2H3. The lowest BCUT2D eigenvalue weighted by molar-refractivity contribution is 0.101. The maximum Gasteiger partial charge on any atom is 0.0945 e. The fraction of sp³-hybridized carbons (Fsp3) is 0.385. The van der Waals surface area contributed by atoms with E-state index in [1.54, 1.807) is 0 Å². The van der Waals surface area contributed by atoms with Crippen LogP contribution in [0.1, 0.15) is 0 Å². The molecule has 1 unspecified atom stereocenters. The first kappa shape index (κ1) is 12.0. The summed E-state index contributed by atoms with van der Waals surface area (Å²) >= 11 is 0. The van der Waals surface area contributed by atoms with E-state index in [9.17, 15) is 5.11 Å². The van der Waals surface area contributed by atoms with Gasteiger partial charge in [-0.25, -0.2) is 0 Å². The van der Waals surface area contributed by atoms with Crippen molar-refractivity contribution in [1.82, 2.24) is 4.57 Å². The van der Waals surface area contributed by atoms with Gasteiger partial charge in [0.05, 0.1) is 18.4 Å². The van der Waals surface area contributed by atoms with Crippen molar-refractivity contribution in [2.75, 3.05) is 25.1 Å². The van der Waals surface area contributed by atoms with Gasteiger partial charge in [-0.15, -0.1) is 0 Å². The highest BCUT2D eigenvalue weighted by Gasteiger charge is 2.12. The Bertz CT molecular complexity index is 507. The molecular weight excluding hydrogens is 216 g/mol. The SMILES string of the molecule is CN(CC(O)CO)c1cn(C)c2ccccc12. The normalized spacial score (nSPS) is 12.9. The number of aromatic nitrogens is 1. The lowest BCUT2D eigenvalue weighted by Gasteiger charge is -2.20. The number of likely N-dealkylation sites (N-methyl/N-ethyl adjacent to an activating group) is 1. The van der Waals surface area contributed by atoms with E-state index in [4.69, 9.17) is 5.11 Å². The molecule has 4 heteroatoms. The summed E-state index contributed by atoms with van der Waals surface area (Å²) < 4.78 is 2.06. The summed E-state index contributed by atoms with van der Waals surface area (Å²) in [5.41, 5.74) is 2.23. The van der Waals surface area contributed by atoms with Crippen molar-refractivity contribution in [2.24, 2.45) is 7.05 Å². The monoisotopic (exact) mass is 234 g/mol. The van der Waals surface area contributed by atoms with Gasteiger partial charge in [0, 0.05) is 37.7 Å². The molecule has 0 amide bonds. The topological polar surface area (TPSA) is 48.6 Å². The number of hydrogen-bond donors (Lipinski definition) is 2. The van der Waals surface area contributed by atoms with Crippen LogP contribution in [0.15, 0.2) is 30.5 Å². The van der Waals surface area contributed by atoms with Gasteiger partial charge in [0.1, 0.15) is 0 Å². The number of aliphatic hydroxyl groups is 2. The Kier molecular flexibility index (Phi) is 3.36. The number of nitrogens with zero attached hydrogens (tertiary/aromatic N) is 2. The smallest absolute Gasteiger partial charge is 0.0945 e. The van der Waals surface area contributed by atoms with Crippen molar-refractivity contribution < 1.29 is 10.2 Å². The number of para-hydroxylation sites is 1. The summed E-state index contributed by atoms with van der Waals surface area (Å²) in [5.74, 6) is 0. The van der Waals surface area contributed by atoms with Crippen LogP contribution in [0, 0.1) is 0 Å². The summed E-state index contributed by atoms with van der Waals surface area (Å²) in [5, 5.41) is 19.5. The number of rotatable bonds is 4. The molecule has 0 aliphatic rings. The van der Waals surface area contributed by atoms with Crippen LogP contribution in [0.4, 0.5) is 5.69 Å². The summed E-state index contributed by atoms with van der Waals surface area (Å²) in [6.07, 6.45) is 1.33. The van der Waals surface area contributed by atoms with E-state index in [0.29, 0.717) is 6.54 Å². The fourth-order valence-electron chi connectivity index (χ4n) is 2.10. The zero-order valence-electron chi connectivity index (χ0n) is 10.2. The van der Waals surface area contributed by atoms with Crippen molar-refractivity contribution >= 4 is 16.6 Å². The minimum Gasteiger partial charge on any atom is -0.394 e. The minimum atomic E-state index is -0.709. The second-order valence-electron chi connectivity index (χ2n) is 4.36. The van der Waals surface area contributed by atoms with Crippen LogP contribution < -0.4 is 4.90 Å². The van der Waals surface area contributed by atoms with E-state index in [1.165, 1.54) is 0 Å². The third-order valence-corrected chi connectivity index (χ3v) is 2.98. The van der Waals surface area contributed by atoms with Gasteiger partial charge in [-0.2, -0.15) is 0 Å². The molecule has 17 heavy (non-hydrogen) atoms. The van der Waals surface area contributed by atoms with Crippen molar-refractivity contribution in [2.45, 2.75) is 6.10 Å². The van der Waals surface area contributed by atoms with Crippen LogP contribution in [0.2, 0.25) is 0 Å². The lowest BCUT2D eigenvalue weighted by atomic mass is 10.2. The molecule has 0 bridgehead atoms. The molecular formula is C13H18N2O2. The summed E-state index contributed by atoms with van der Waals surface area (Å²) in [6, 6.07) is 8.14. The Labute approximate surface area is 101 Å². The van der Waals surface area contributed by atoms with Gasteiger partial charge in [0.15, 0.2) is 0 Å². The van der Waals surface area contributed by atoms with Gasteiger partial charge in [0.25, 0.3) is 0 Å². The van der Waals surface area contributed by atoms with Gasteiger partial charge in [0.2, 0.25) is 0 Å². The van der Waals surface area contributed by atoms with Gasteiger partial charge in [-0.05, 0) is 6.07 Å². The van der Waals surface area contributed by atoms with Gasteiger partial charge in [-0.1, -0.05) is 18.2 Å². The predicted octanol–water partition coefficient (Wildman–Crippen LogP) is 0.968. The Morgan fingerprint density at radius 3 is 2.76 bits per heavy atom. The molecule has 2 aromatic rings. The summed E-state index contributed by atoms with van der Waals surface area (Å²) in [6.45, 7) is 0.208. The molecule has 0 saturated heterocycles. The minimum absolute atomic E-state index is 0.213. The zero-order chi connectivity index (χ0) is 12.4. The fourth-order valence-corrected chi connectivity index (χ4v) is 2.10. The second-order valence-corrected chi connectivity index (χ2v) is 4.36. The molecule has 1 heterocycles.